The lowest BCUT2D eigenvalue weighted by molar-refractivity contribution is 1.15. The van der Waals surface area contributed by atoms with Crippen LogP contribution >= 0.6 is 0 Å². The van der Waals surface area contributed by atoms with E-state index in [2.05, 4.69) is 79.8 Å². The van der Waals surface area contributed by atoms with Gasteiger partial charge in [-0.3, -0.25) is 0 Å². The molecular weight excluding hydrogens is 242 g/mol. The molecule has 3 aromatic rings. The molecule has 0 heterocycles. The van der Waals surface area contributed by atoms with Crippen LogP contribution < -0.4 is 5.32 Å². The first kappa shape index (κ1) is 12.7. The average molecular weight is 261 g/mol. The van der Waals surface area contributed by atoms with Crippen molar-refractivity contribution in [2.45, 2.75) is 20.4 Å². The smallest absolute Gasteiger partial charge is 0.0401 e. The van der Waals surface area contributed by atoms with E-state index in [9.17, 15) is 0 Å². The van der Waals surface area contributed by atoms with Gasteiger partial charge >= 0.3 is 0 Å². The molecule has 0 aliphatic rings. The third-order valence-electron chi connectivity index (χ3n) is 3.53. The predicted octanol–water partition coefficient (Wildman–Crippen LogP) is 5.07. The average Bonchev–Trinajstić information content (AvgIpc) is 2.44. The third kappa shape index (κ3) is 2.83. The highest BCUT2D eigenvalue weighted by atomic mass is 14.9. The van der Waals surface area contributed by atoms with Gasteiger partial charge in [0.15, 0.2) is 0 Å². The summed E-state index contributed by atoms with van der Waals surface area (Å²) in [6.07, 6.45) is 0. The van der Waals surface area contributed by atoms with Crippen LogP contribution in [0.4, 0.5) is 5.69 Å². The Labute approximate surface area is 120 Å². The van der Waals surface area contributed by atoms with Crippen LogP contribution in [0.2, 0.25) is 0 Å². The fraction of sp³-hybridized carbons (Fsp3) is 0.158. The lowest BCUT2D eigenvalue weighted by Gasteiger charge is -2.09. The molecule has 0 saturated carbocycles. The highest BCUT2D eigenvalue weighted by Gasteiger charge is 1.98. The van der Waals surface area contributed by atoms with Gasteiger partial charge in [-0.1, -0.05) is 42.5 Å². The molecule has 0 atom stereocenters. The zero-order chi connectivity index (χ0) is 13.9. The van der Waals surface area contributed by atoms with Crippen LogP contribution in [0, 0.1) is 13.8 Å². The molecular formula is C19H19N. The Morgan fingerprint density at radius 3 is 2.20 bits per heavy atom. The first-order chi connectivity index (χ1) is 9.70. The largest absolute Gasteiger partial charge is 0.381 e. The van der Waals surface area contributed by atoms with E-state index < -0.39 is 0 Å². The van der Waals surface area contributed by atoms with E-state index in [1.165, 1.54) is 33.2 Å². The number of benzene rings is 3. The van der Waals surface area contributed by atoms with Crippen molar-refractivity contribution < 1.29 is 0 Å². The van der Waals surface area contributed by atoms with Crippen LogP contribution in [0.1, 0.15) is 16.7 Å². The summed E-state index contributed by atoms with van der Waals surface area (Å²) in [5, 5.41) is 6.10. The normalized spacial score (nSPS) is 10.7. The summed E-state index contributed by atoms with van der Waals surface area (Å²) in [7, 11) is 0. The van der Waals surface area contributed by atoms with Crippen LogP contribution in [0.15, 0.2) is 60.7 Å². The number of anilines is 1. The van der Waals surface area contributed by atoms with Gasteiger partial charge in [0.1, 0.15) is 0 Å². The number of hydrogen-bond donors (Lipinski definition) is 1. The van der Waals surface area contributed by atoms with E-state index in [0.717, 1.165) is 6.54 Å². The number of rotatable bonds is 3. The second kappa shape index (κ2) is 5.38. The van der Waals surface area contributed by atoms with E-state index in [-0.39, 0.29) is 0 Å². The topological polar surface area (TPSA) is 12.0 Å². The van der Waals surface area contributed by atoms with Crippen LogP contribution in [-0.4, -0.2) is 0 Å². The molecule has 100 valence electrons. The monoisotopic (exact) mass is 261 g/mol. The quantitative estimate of drug-likeness (QED) is 0.694. The minimum atomic E-state index is 0.855. The van der Waals surface area contributed by atoms with Gasteiger partial charge in [-0.25, -0.2) is 0 Å². The zero-order valence-electron chi connectivity index (χ0n) is 12.0. The second-order valence-corrected chi connectivity index (χ2v) is 5.41. The Balaban J connectivity index is 1.79. The molecule has 3 aromatic carbocycles. The maximum absolute atomic E-state index is 3.51. The molecule has 0 aromatic heterocycles. The molecule has 1 nitrogen and oxygen atoms in total. The Hall–Kier alpha value is -2.28. The molecule has 0 aliphatic heterocycles. The van der Waals surface area contributed by atoms with Gasteiger partial charge in [-0.15, -0.1) is 0 Å². The van der Waals surface area contributed by atoms with Crippen LogP contribution in [0.3, 0.4) is 0 Å². The van der Waals surface area contributed by atoms with Gasteiger partial charge in [0.05, 0.1) is 0 Å². The fourth-order valence-electron chi connectivity index (χ4n) is 2.63. The summed E-state index contributed by atoms with van der Waals surface area (Å²) in [6, 6.07) is 21.7. The van der Waals surface area contributed by atoms with E-state index in [4.69, 9.17) is 0 Å². The SMILES string of the molecule is Cc1cc(C)cc(NCc2ccc3ccccc3c2)c1. The van der Waals surface area contributed by atoms with Gasteiger partial charge in [-0.05, 0) is 59.5 Å². The van der Waals surface area contributed by atoms with Gasteiger partial charge in [-0.2, -0.15) is 0 Å². The van der Waals surface area contributed by atoms with Gasteiger partial charge in [0.2, 0.25) is 0 Å². The van der Waals surface area contributed by atoms with Gasteiger partial charge in [0.25, 0.3) is 0 Å². The van der Waals surface area contributed by atoms with E-state index in [1.807, 2.05) is 0 Å². The number of fused-ring (bicyclic) bond motifs is 1. The van der Waals surface area contributed by atoms with Crippen molar-refractivity contribution in [3.05, 3.63) is 77.4 Å². The fourth-order valence-corrected chi connectivity index (χ4v) is 2.63. The Kier molecular flexibility index (Phi) is 3.42. The van der Waals surface area contributed by atoms with Crippen molar-refractivity contribution in [3.8, 4) is 0 Å². The molecule has 0 fully saturated rings. The highest BCUT2D eigenvalue weighted by molar-refractivity contribution is 5.83. The third-order valence-corrected chi connectivity index (χ3v) is 3.53. The molecule has 3 rings (SSSR count). The van der Waals surface area contributed by atoms with Crippen molar-refractivity contribution in [1.82, 2.24) is 0 Å². The molecule has 0 radical (unpaired) electrons. The van der Waals surface area contributed by atoms with Gasteiger partial charge < -0.3 is 5.32 Å². The first-order valence-electron chi connectivity index (χ1n) is 7.00. The van der Waals surface area contributed by atoms with E-state index in [1.54, 1.807) is 0 Å². The Morgan fingerprint density at radius 1 is 0.750 bits per heavy atom. The van der Waals surface area contributed by atoms with Gasteiger partial charge in [0, 0.05) is 12.2 Å². The molecule has 1 heteroatoms. The van der Waals surface area contributed by atoms with Crippen LogP contribution in [-0.2, 0) is 6.54 Å². The van der Waals surface area contributed by atoms with Crippen LogP contribution in [0.5, 0.6) is 0 Å². The maximum atomic E-state index is 3.51. The maximum Gasteiger partial charge on any atom is 0.0401 e. The molecule has 1 N–H and O–H groups in total. The standard InChI is InChI=1S/C19H19N/c1-14-9-15(2)11-19(10-14)20-13-16-7-8-17-5-3-4-6-18(17)12-16/h3-12,20H,13H2,1-2H3. The minimum absolute atomic E-state index is 0.855. The molecule has 0 bridgehead atoms. The van der Waals surface area contributed by atoms with Crippen molar-refractivity contribution in [2.24, 2.45) is 0 Å². The molecule has 0 aliphatic carbocycles. The number of aryl methyl sites for hydroxylation is 2. The molecule has 0 amide bonds. The molecule has 20 heavy (non-hydrogen) atoms. The lowest BCUT2D eigenvalue weighted by atomic mass is 10.1. The van der Waals surface area contributed by atoms with Crippen molar-refractivity contribution in [1.29, 1.82) is 0 Å². The van der Waals surface area contributed by atoms with E-state index in [0.29, 0.717) is 0 Å². The summed E-state index contributed by atoms with van der Waals surface area (Å²) in [6.45, 7) is 5.12. The van der Waals surface area contributed by atoms with Crippen molar-refractivity contribution in [2.75, 3.05) is 5.32 Å². The second-order valence-electron chi connectivity index (χ2n) is 5.41. The summed E-state index contributed by atoms with van der Waals surface area (Å²) in [5.41, 5.74) is 5.09. The molecule has 0 unspecified atom stereocenters. The molecule has 0 spiro atoms. The summed E-state index contributed by atoms with van der Waals surface area (Å²) in [5.74, 6) is 0. The van der Waals surface area contributed by atoms with Crippen LogP contribution in [0.25, 0.3) is 10.8 Å². The zero-order valence-corrected chi connectivity index (χ0v) is 12.0. The number of nitrogens with one attached hydrogen (secondary N) is 1. The van der Waals surface area contributed by atoms with Crippen molar-refractivity contribution >= 4 is 16.5 Å². The Bertz CT molecular complexity index is 723. The summed E-state index contributed by atoms with van der Waals surface area (Å²) >= 11 is 0. The first-order valence-corrected chi connectivity index (χ1v) is 7.00. The molecule has 0 saturated heterocycles. The lowest BCUT2D eigenvalue weighted by Crippen LogP contribution is -1.99. The number of hydrogen-bond acceptors (Lipinski definition) is 1. The van der Waals surface area contributed by atoms with E-state index >= 15 is 0 Å². The predicted molar refractivity (Wildman–Crippen MR) is 87.2 cm³/mol. The van der Waals surface area contributed by atoms with Crippen molar-refractivity contribution in [3.63, 3.8) is 0 Å². The summed E-state index contributed by atoms with van der Waals surface area (Å²) < 4.78 is 0. The highest BCUT2D eigenvalue weighted by Crippen LogP contribution is 2.18. The Morgan fingerprint density at radius 2 is 1.45 bits per heavy atom. The summed E-state index contributed by atoms with van der Waals surface area (Å²) in [4.78, 5) is 0. The minimum Gasteiger partial charge on any atom is -0.381 e.